The van der Waals surface area contributed by atoms with Gasteiger partial charge in [-0.3, -0.25) is 4.99 Å². The van der Waals surface area contributed by atoms with Crippen molar-refractivity contribution in [2.75, 3.05) is 33.8 Å². The second-order valence-electron chi connectivity index (χ2n) is 7.85. The van der Waals surface area contributed by atoms with E-state index in [9.17, 15) is 0 Å². The van der Waals surface area contributed by atoms with Gasteiger partial charge in [-0.2, -0.15) is 0 Å². The van der Waals surface area contributed by atoms with Crippen molar-refractivity contribution in [1.29, 1.82) is 0 Å². The summed E-state index contributed by atoms with van der Waals surface area (Å²) in [6.07, 6.45) is 1.22. The summed E-state index contributed by atoms with van der Waals surface area (Å²) in [4.78, 5) is 6.84. The third-order valence-corrected chi connectivity index (χ3v) is 4.75. The molecule has 23 heavy (non-hydrogen) atoms. The van der Waals surface area contributed by atoms with Crippen molar-refractivity contribution in [2.24, 2.45) is 10.4 Å². The minimum Gasteiger partial charge on any atom is -0.497 e. The Labute approximate surface area is 140 Å². The van der Waals surface area contributed by atoms with E-state index in [1.54, 1.807) is 7.11 Å². The van der Waals surface area contributed by atoms with Crippen molar-refractivity contribution in [1.82, 2.24) is 10.2 Å². The van der Waals surface area contributed by atoms with Gasteiger partial charge in [0.15, 0.2) is 5.96 Å². The number of methoxy groups -OCH3 is 1. The number of ether oxygens (including phenoxy) is 1. The van der Waals surface area contributed by atoms with E-state index in [-0.39, 0.29) is 5.41 Å². The second-order valence-corrected chi connectivity index (χ2v) is 7.85. The SMILES string of the molecule is CN=C(NCC(C)(C)c1ccc(OC)cc1)N1CCC(C)(C)C1. The molecule has 0 aliphatic carbocycles. The highest BCUT2D eigenvalue weighted by Crippen LogP contribution is 2.29. The van der Waals surface area contributed by atoms with Crippen molar-refractivity contribution < 1.29 is 4.74 Å². The molecule has 0 bridgehead atoms. The second kappa shape index (κ2) is 6.81. The molecule has 0 aromatic heterocycles. The van der Waals surface area contributed by atoms with Crippen LogP contribution in [0, 0.1) is 5.41 Å². The number of rotatable bonds is 4. The van der Waals surface area contributed by atoms with E-state index in [0.29, 0.717) is 5.41 Å². The molecule has 4 heteroatoms. The van der Waals surface area contributed by atoms with E-state index in [1.165, 1.54) is 12.0 Å². The third kappa shape index (κ3) is 4.40. The molecule has 1 heterocycles. The quantitative estimate of drug-likeness (QED) is 0.684. The standard InChI is InChI=1S/C19H31N3O/c1-18(2)11-12-22(14-18)17(20-5)21-13-19(3,4)15-7-9-16(23-6)10-8-15/h7-10H,11-14H2,1-6H3,(H,20,21). The molecule has 0 unspecified atom stereocenters. The molecule has 1 fully saturated rings. The van der Waals surface area contributed by atoms with Crippen LogP contribution in [0.2, 0.25) is 0 Å². The summed E-state index contributed by atoms with van der Waals surface area (Å²) in [6.45, 7) is 12.1. The number of guanidine groups is 1. The summed E-state index contributed by atoms with van der Waals surface area (Å²) >= 11 is 0. The van der Waals surface area contributed by atoms with Gasteiger partial charge in [-0.05, 0) is 29.5 Å². The van der Waals surface area contributed by atoms with Crippen molar-refractivity contribution in [3.05, 3.63) is 29.8 Å². The Kier molecular flexibility index (Phi) is 5.23. The molecule has 4 nitrogen and oxygen atoms in total. The Balaban J connectivity index is 1.99. The first-order valence-corrected chi connectivity index (χ1v) is 8.37. The molecule has 0 radical (unpaired) electrons. The van der Waals surface area contributed by atoms with Crippen LogP contribution in [0.15, 0.2) is 29.3 Å². The Morgan fingerprint density at radius 1 is 1.30 bits per heavy atom. The molecular formula is C19H31N3O. The van der Waals surface area contributed by atoms with Crippen LogP contribution in [-0.4, -0.2) is 44.7 Å². The van der Waals surface area contributed by atoms with E-state index in [0.717, 1.165) is 31.3 Å². The summed E-state index contributed by atoms with van der Waals surface area (Å²) in [7, 11) is 3.57. The summed E-state index contributed by atoms with van der Waals surface area (Å²) in [5.74, 6) is 1.91. The zero-order chi connectivity index (χ0) is 17.1. The minimum absolute atomic E-state index is 0.0253. The predicted octanol–water partition coefficient (Wildman–Crippen LogP) is 3.28. The fraction of sp³-hybridized carbons (Fsp3) is 0.632. The lowest BCUT2D eigenvalue weighted by Crippen LogP contribution is -2.45. The number of benzene rings is 1. The van der Waals surface area contributed by atoms with Crippen LogP contribution >= 0.6 is 0 Å². The molecule has 128 valence electrons. The molecule has 1 aliphatic rings. The van der Waals surface area contributed by atoms with Gasteiger partial charge in [0.05, 0.1) is 7.11 Å². The fourth-order valence-corrected chi connectivity index (χ4v) is 3.07. The molecule has 1 aliphatic heterocycles. The molecule has 0 amide bonds. The maximum Gasteiger partial charge on any atom is 0.193 e. The zero-order valence-electron chi connectivity index (χ0n) is 15.4. The van der Waals surface area contributed by atoms with Gasteiger partial charge < -0.3 is 15.0 Å². The first-order valence-electron chi connectivity index (χ1n) is 8.37. The first kappa shape index (κ1) is 17.6. The van der Waals surface area contributed by atoms with Gasteiger partial charge in [-0.25, -0.2) is 0 Å². The Hall–Kier alpha value is -1.71. The van der Waals surface area contributed by atoms with Crippen LogP contribution in [0.25, 0.3) is 0 Å². The summed E-state index contributed by atoms with van der Waals surface area (Å²) in [6, 6.07) is 8.33. The average Bonchev–Trinajstić information content (AvgIpc) is 2.88. The summed E-state index contributed by atoms with van der Waals surface area (Å²) < 4.78 is 5.24. The van der Waals surface area contributed by atoms with Crippen molar-refractivity contribution in [3.8, 4) is 5.75 Å². The predicted molar refractivity (Wildman–Crippen MR) is 97.4 cm³/mol. The number of nitrogens with zero attached hydrogens (tertiary/aromatic N) is 2. The van der Waals surface area contributed by atoms with Gasteiger partial charge in [-0.1, -0.05) is 39.8 Å². The molecule has 2 rings (SSSR count). The largest absolute Gasteiger partial charge is 0.497 e. The van der Waals surface area contributed by atoms with Crippen LogP contribution < -0.4 is 10.1 Å². The Bertz CT molecular complexity index is 546. The van der Waals surface area contributed by atoms with Gasteiger partial charge in [0.1, 0.15) is 5.75 Å². The lowest BCUT2D eigenvalue weighted by Gasteiger charge is -2.30. The highest BCUT2D eigenvalue weighted by atomic mass is 16.5. The molecule has 0 saturated carbocycles. The fourth-order valence-electron chi connectivity index (χ4n) is 3.07. The topological polar surface area (TPSA) is 36.9 Å². The van der Waals surface area contributed by atoms with Crippen LogP contribution in [0.5, 0.6) is 5.75 Å². The smallest absolute Gasteiger partial charge is 0.193 e. The lowest BCUT2D eigenvalue weighted by molar-refractivity contribution is 0.367. The third-order valence-electron chi connectivity index (χ3n) is 4.75. The van der Waals surface area contributed by atoms with Gasteiger partial charge in [0.2, 0.25) is 0 Å². The van der Waals surface area contributed by atoms with Crippen LogP contribution in [0.1, 0.15) is 39.7 Å². The number of likely N-dealkylation sites (tertiary alicyclic amines) is 1. The van der Waals surface area contributed by atoms with E-state index in [4.69, 9.17) is 4.74 Å². The molecule has 1 aromatic rings. The van der Waals surface area contributed by atoms with Crippen molar-refractivity contribution >= 4 is 5.96 Å². The maximum atomic E-state index is 5.24. The van der Waals surface area contributed by atoms with Crippen molar-refractivity contribution in [2.45, 2.75) is 39.5 Å². The van der Waals surface area contributed by atoms with Gasteiger partial charge in [-0.15, -0.1) is 0 Å². The Morgan fingerprint density at radius 2 is 1.96 bits per heavy atom. The van der Waals surface area contributed by atoms with E-state index in [2.05, 4.69) is 55.0 Å². The molecule has 0 atom stereocenters. The van der Waals surface area contributed by atoms with E-state index in [1.807, 2.05) is 19.2 Å². The van der Waals surface area contributed by atoms with E-state index < -0.39 is 0 Å². The molecule has 1 aromatic carbocycles. The van der Waals surface area contributed by atoms with Crippen LogP contribution in [0.4, 0.5) is 0 Å². The van der Waals surface area contributed by atoms with Gasteiger partial charge in [0, 0.05) is 32.1 Å². The number of nitrogens with one attached hydrogen (secondary N) is 1. The zero-order valence-corrected chi connectivity index (χ0v) is 15.4. The number of hydrogen-bond donors (Lipinski definition) is 1. The molecule has 0 spiro atoms. The van der Waals surface area contributed by atoms with Crippen LogP contribution in [-0.2, 0) is 5.41 Å². The van der Waals surface area contributed by atoms with Crippen molar-refractivity contribution in [3.63, 3.8) is 0 Å². The number of aliphatic imine (C=N–C) groups is 1. The summed E-state index contributed by atoms with van der Waals surface area (Å²) in [5.41, 5.74) is 1.70. The molecular weight excluding hydrogens is 286 g/mol. The maximum absolute atomic E-state index is 5.24. The highest BCUT2D eigenvalue weighted by molar-refractivity contribution is 5.80. The van der Waals surface area contributed by atoms with E-state index >= 15 is 0 Å². The van der Waals surface area contributed by atoms with Crippen LogP contribution in [0.3, 0.4) is 0 Å². The summed E-state index contributed by atoms with van der Waals surface area (Å²) in [5, 5.41) is 3.56. The Morgan fingerprint density at radius 3 is 2.43 bits per heavy atom. The highest BCUT2D eigenvalue weighted by Gasteiger charge is 2.31. The molecule has 1 saturated heterocycles. The lowest BCUT2D eigenvalue weighted by atomic mass is 9.84. The van der Waals surface area contributed by atoms with Gasteiger partial charge >= 0.3 is 0 Å². The average molecular weight is 317 g/mol. The number of hydrogen-bond acceptors (Lipinski definition) is 2. The molecule has 1 N–H and O–H groups in total. The first-order chi connectivity index (χ1) is 10.8. The minimum atomic E-state index is 0.0253. The van der Waals surface area contributed by atoms with Gasteiger partial charge in [0.25, 0.3) is 0 Å². The monoisotopic (exact) mass is 317 g/mol. The normalized spacial score (nSPS) is 18.2.